The van der Waals surface area contributed by atoms with Crippen molar-refractivity contribution in [3.63, 3.8) is 0 Å². The van der Waals surface area contributed by atoms with Crippen molar-refractivity contribution < 1.29 is 4.79 Å². The van der Waals surface area contributed by atoms with Crippen molar-refractivity contribution in [1.29, 1.82) is 0 Å². The number of thiocarbonyl (C=S) groups is 1. The van der Waals surface area contributed by atoms with Gasteiger partial charge in [0.2, 0.25) is 0 Å². The lowest BCUT2D eigenvalue weighted by molar-refractivity contribution is 0.100. The summed E-state index contributed by atoms with van der Waals surface area (Å²) in [5, 5.41) is 7.04. The highest BCUT2D eigenvalue weighted by Crippen LogP contribution is 2.45. The van der Waals surface area contributed by atoms with Crippen LogP contribution in [0.3, 0.4) is 0 Å². The monoisotopic (exact) mass is 549 g/mol. The molecule has 37 heavy (non-hydrogen) atoms. The number of para-hydroxylation sites is 1. The van der Waals surface area contributed by atoms with E-state index < -0.39 is 5.91 Å². The van der Waals surface area contributed by atoms with Crippen molar-refractivity contribution in [2.45, 2.75) is 13.1 Å². The number of aromatic nitrogens is 1. The third-order valence-corrected chi connectivity index (χ3v) is 9.38. The van der Waals surface area contributed by atoms with E-state index in [0.29, 0.717) is 30.3 Å². The van der Waals surface area contributed by atoms with Gasteiger partial charge in [-0.2, -0.15) is 0 Å². The zero-order valence-corrected chi connectivity index (χ0v) is 22.6. The van der Waals surface area contributed by atoms with Gasteiger partial charge in [0.1, 0.15) is 9.71 Å². The minimum Gasteiger partial charge on any atom is -0.397 e. The van der Waals surface area contributed by atoms with Gasteiger partial charge in [-0.1, -0.05) is 24.3 Å². The Balaban J connectivity index is 1.16. The van der Waals surface area contributed by atoms with Gasteiger partial charge in [-0.25, -0.2) is 4.98 Å². The van der Waals surface area contributed by atoms with Gasteiger partial charge in [0, 0.05) is 59.8 Å². The van der Waals surface area contributed by atoms with E-state index in [9.17, 15) is 4.79 Å². The Bertz CT molecular complexity index is 1460. The zero-order valence-electron chi connectivity index (χ0n) is 20.1. The maximum absolute atomic E-state index is 12.0. The second-order valence-electron chi connectivity index (χ2n) is 9.22. The lowest BCUT2D eigenvalue weighted by Crippen LogP contribution is -2.51. The third kappa shape index (κ3) is 4.52. The van der Waals surface area contributed by atoms with Crippen molar-refractivity contribution >= 4 is 67.5 Å². The average Bonchev–Trinajstić information content (AvgIpc) is 3.66. The molecular formula is C26H27N7OS3. The lowest BCUT2D eigenvalue weighted by Gasteiger charge is -2.36. The molecule has 6 rings (SSSR count). The van der Waals surface area contributed by atoms with Gasteiger partial charge in [0.15, 0.2) is 5.11 Å². The number of rotatable bonds is 5. The predicted octanol–water partition coefficient (Wildman–Crippen LogP) is 3.68. The van der Waals surface area contributed by atoms with Crippen molar-refractivity contribution in [2.24, 2.45) is 5.73 Å². The molecule has 4 aromatic rings. The van der Waals surface area contributed by atoms with Gasteiger partial charge < -0.3 is 26.6 Å². The smallest absolute Gasteiger partial charge is 0.260 e. The van der Waals surface area contributed by atoms with Crippen LogP contribution in [0.2, 0.25) is 0 Å². The minimum atomic E-state index is -0.519. The minimum absolute atomic E-state index is 0.366. The largest absolute Gasteiger partial charge is 0.397 e. The van der Waals surface area contributed by atoms with E-state index in [0.717, 1.165) is 63.2 Å². The Kier molecular flexibility index (Phi) is 6.45. The second kappa shape index (κ2) is 9.90. The summed E-state index contributed by atoms with van der Waals surface area (Å²) in [7, 11) is 0. The molecule has 0 atom stereocenters. The fourth-order valence-corrected chi connectivity index (χ4v) is 7.05. The molecule has 1 aromatic carbocycles. The van der Waals surface area contributed by atoms with Crippen LogP contribution in [0.5, 0.6) is 0 Å². The predicted molar refractivity (Wildman–Crippen MR) is 156 cm³/mol. The quantitative estimate of drug-likeness (QED) is 0.324. The van der Waals surface area contributed by atoms with E-state index in [1.807, 2.05) is 11.4 Å². The third-order valence-electron chi connectivity index (χ3n) is 6.98. The van der Waals surface area contributed by atoms with Crippen LogP contribution in [0.1, 0.15) is 20.9 Å². The number of pyridine rings is 1. The lowest BCUT2D eigenvalue weighted by atomic mass is 10.0. The molecule has 0 radical (unpaired) electrons. The van der Waals surface area contributed by atoms with Crippen LogP contribution in [0.15, 0.2) is 47.8 Å². The van der Waals surface area contributed by atoms with Crippen LogP contribution < -0.4 is 21.7 Å². The first kappa shape index (κ1) is 24.1. The second-order valence-corrected chi connectivity index (χ2v) is 11.5. The Morgan fingerprint density at radius 3 is 2.57 bits per heavy atom. The van der Waals surface area contributed by atoms with Gasteiger partial charge in [0.25, 0.3) is 5.91 Å². The number of nitrogens with one attached hydrogen (secondary N) is 1. The normalized spacial score (nSPS) is 15.8. The number of carbonyl (C=O) groups excluding carboxylic acids is 1. The summed E-state index contributed by atoms with van der Waals surface area (Å²) in [5.41, 5.74) is 16.8. The van der Waals surface area contributed by atoms with Crippen LogP contribution in [-0.4, -0.2) is 58.7 Å². The molecule has 0 unspecified atom stereocenters. The Morgan fingerprint density at radius 1 is 1.08 bits per heavy atom. The molecular weight excluding hydrogens is 523 g/mol. The van der Waals surface area contributed by atoms with Crippen LogP contribution in [0, 0.1) is 0 Å². The van der Waals surface area contributed by atoms with Gasteiger partial charge in [-0.3, -0.25) is 9.69 Å². The number of hydrogen-bond donors (Lipinski definition) is 3. The van der Waals surface area contributed by atoms with Crippen molar-refractivity contribution in [3.05, 3.63) is 64.0 Å². The Morgan fingerprint density at radius 2 is 1.86 bits per heavy atom. The van der Waals surface area contributed by atoms with Crippen LogP contribution in [0.25, 0.3) is 20.7 Å². The van der Waals surface area contributed by atoms with Crippen LogP contribution in [-0.2, 0) is 13.1 Å². The van der Waals surface area contributed by atoms with Crippen molar-refractivity contribution in [1.82, 2.24) is 20.1 Å². The number of amides is 1. The number of nitrogens with zero attached hydrogens (tertiary/aromatic N) is 4. The van der Waals surface area contributed by atoms with Gasteiger partial charge in [-0.05, 0) is 35.8 Å². The number of thiophene rings is 2. The summed E-state index contributed by atoms with van der Waals surface area (Å²) < 4.78 is 0. The highest BCUT2D eigenvalue weighted by molar-refractivity contribution is 7.80. The molecule has 11 heteroatoms. The fourth-order valence-electron chi connectivity index (χ4n) is 5.08. The molecule has 8 nitrogen and oxygen atoms in total. The number of carbonyl (C=O) groups is 1. The number of fused-ring (bicyclic) bond motifs is 2. The van der Waals surface area contributed by atoms with E-state index in [4.69, 9.17) is 28.7 Å². The SMILES string of the molecule is NC(=O)c1sc2nc3c(c(-c4cccs4)c2c1N)CN(C(=S)NCN1CCN(c2ccccc2)CC1)C3. The summed E-state index contributed by atoms with van der Waals surface area (Å²) >= 11 is 8.72. The number of benzene rings is 1. The molecule has 2 aliphatic heterocycles. The molecule has 190 valence electrons. The average molecular weight is 550 g/mol. The molecule has 0 bridgehead atoms. The molecule has 0 saturated carbocycles. The molecule has 1 amide bonds. The summed E-state index contributed by atoms with van der Waals surface area (Å²) in [4.78, 5) is 26.0. The van der Waals surface area contributed by atoms with Gasteiger partial charge >= 0.3 is 0 Å². The standard InChI is InChI=1S/C26H27N7OS3/c27-22-21-20(19-7-4-12-36-19)17-13-33(14-18(17)30-25(21)37-23(22)24(28)34)26(35)29-15-31-8-10-32(11-9-31)16-5-2-1-3-6-16/h1-7,12H,8-11,13-15,27H2,(H2,28,34)(H,29,35). The maximum Gasteiger partial charge on any atom is 0.260 e. The first-order valence-corrected chi connectivity index (χ1v) is 14.2. The molecule has 5 heterocycles. The number of hydrogen-bond acceptors (Lipinski definition) is 8. The molecule has 5 N–H and O–H groups in total. The van der Waals surface area contributed by atoms with E-state index in [1.165, 1.54) is 17.0 Å². The number of piperazine rings is 1. The topological polar surface area (TPSA) is 104 Å². The van der Waals surface area contributed by atoms with Crippen molar-refractivity contribution in [2.75, 3.05) is 43.5 Å². The van der Waals surface area contributed by atoms with E-state index in [2.05, 4.69) is 56.4 Å². The molecule has 1 fully saturated rings. The Labute approximate surface area is 228 Å². The van der Waals surface area contributed by atoms with E-state index >= 15 is 0 Å². The Hall–Kier alpha value is -3.25. The van der Waals surface area contributed by atoms with Gasteiger partial charge in [-0.15, -0.1) is 22.7 Å². The van der Waals surface area contributed by atoms with Crippen LogP contribution >= 0.6 is 34.9 Å². The van der Waals surface area contributed by atoms with Crippen molar-refractivity contribution in [3.8, 4) is 10.4 Å². The number of primary amides is 1. The maximum atomic E-state index is 12.0. The molecule has 0 aliphatic carbocycles. The summed E-state index contributed by atoms with van der Waals surface area (Å²) in [5.74, 6) is -0.519. The first-order valence-electron chi connectivity index (χ1n) is 12.1. The summed E-state index contributed by atoms with van der Waals surface area (Å²) in [6.07, 6.45) is 0. The van der Waals surface area contributed by atoms with E-state index in [1.54, 1.807) is 11.3 Å². The number of anilines is 2. The highest BCUT2D eigenvalue weighted by Gasteiger charge is 2.30. The summed E-state index contributed by atoms with van der Waals surface area (Å²) in [6.45, 7) is 5.91. The zero-order chi connectivity index (χ0) is 25.5. The molecule has 2 aliphatic rings. The molecule has 3 aromatic heterocycles. The number of nitrogens with two attached hydrogens (primary N) is 2. The number of nitrogen functional groups attached to an aromatic ring is 1. The fraction of sp³-hybridized carbons (Fsp3) is 0.269. The van der Waals surface area contributed by atoms with Crippen LogP contribution in [0.4, 0.5) is 11.4 Å². The first-order chi connectivity index (χ1) is 18.0. The molecule has 0 spiro atoms. The summed E-state index contributed by atoms with van der Waals surface area (Å²) in [6, 6.07) is 14.7. The van der Waals surface area contributed by atoms with Gasteiger partial charge in [0.05, 0.1) is 24.6 Å². The highest BCUT2D eigenvalue weighted by atomic mass is 32.1. The molecule has 1 saturated heterocycles. The van der Waals surface area contributed by atoms with E-state index in [-0.39, 0.29) is 0 Å².